The minimum Gasteiger partial charge on any atom is -0.399 e. The average molecular weight is 239 g/mol. The number of amides is 1. The van der Waals surface area contributed by atoms with Crippen molar-refractivity contribution in [2.45, 2.75) is 0 Å². The lowest BCUT2D eigenvalue weighted by Crippen LogP contribution is -2.34. The molecule has 0 saturated heterocycles. The Morgan fingerprint density at radius 3 is 2.56 bits per heavy atom. The number of para-hydroxylation sites is 2. The van der Waals surface area contributed by atoms with E-state index >= 15 is 0 Å². The Hall–Kier alpha value is -2.49. The van der Waals surface area contributed by atoms with E-state index < -0.39 is 0 Å². The Labute approximate surface area is 105 Å². The molecular weight excluding hydrogens is 226 g/mol. The third kappa shape index (κ3) is 1.78. The molecule has 4 nitrogen and oxygen atoms in total. The van der Waals surface area contributed by atoms with E-state index in [0.29, 0.717) is 12.2 Å². The van der Waals surface area contributed by atoms with Gasteiger partial charge in [0.2, 0.25) is 5.91 Å². The molecule has 0 aliphatic carbocycles. The molecule has 18 heavy (non-hydrogen) atoms. The average Bonchev–Trinajstić information content (AvgIpc) is 2.38. The molecule has 2 aromatic carbocycles. The standard InChI is InChI=1S/C14H13N3O/c15-10-5-7-11(8-6-10)17-9-14(18)16-12-3-1-2-4-13(12)17/h1-8H,9,15H2,(H,16,18). The quantitative estimate of drug-likeness (QED) is 0.751. The molecule has 0 fully saturated rings. The number of benzene rings is 2. The van der Waals surface area contributed by atoms with Crippen LogP contribution in [0.1, 0.15) is 0 Å². The molecule has 0 atom stereocenters. The summed E-state index contributed by atoms with van der Waals surface area (Å²) in [7, 11) is 0. The van der Waals surface area contributed by atoms with Crippen LogP contribution >= 0.6 is 0 Å². The molecular formula is C14H13N3O. The molecule has 0 spiro atoms. The smallest absolute Gasteiger partial charge is 0.244 e. The summed E-state index contributed by atoms with van der Waals surface area (Å²) in [6.07, 6.45) is 0. The summed E-state index contributed by atoms with van der Waals surface area (Å²) in [4.78, 5) is 13.7. The molecule has 0 bridgehead atoms. The number of hydrogen-bond donors (Lipinski definition) is 2. The summed E-state index contributed by atoms with van der Waals surface area (Å²) in [6.45, 7) is 0.320. The Morgan fingerprint density at radius 2 is 1.78 bits per heavy atom. The maximum Gasteiger partial charge on any atom is 0.244 e. The van der Waals surface area contributed by atoms with Crippen LogP contribution in [0.2, 0.25) is 0 Å². The number of anilines is 4. The van der Waals surface area contributed by atoms with Crippen molar-refractivity contribution in [2.75, 3.05) is 22.5 Å². The van der Waals surface area contributed by atoms with Crippen LogP contribution in [-0.2, 0) is 4.79 Å². The largest absolute Gasteiger partial charge is 0.399 e. The monoisotopic (exact) mass is 239 g/mol. The molecule has 4 heteroatoms. The second-order valence-corrected chi connectivity index (χ2v) is 4.24. The second-order valence-electron chi connectivity index (χ2n) is 4.24. The number of hydrogen-bond acceptors (Lipinski definition) is 3. The highest BCUT2D eigenvalue weighted by Gasteiger charge is 2.22. The van der Waals surface area contributed by atoms with Crippen molar-refractivity contribution in [1.29, 1.82) is 0 Å². The molecule has 2 aromatic rings. The van der Waals surface area contributed by atoms with Crippen molar-refractivity contribution in [3.05, 3.63) is 48.5 Å². The molecule has 3 rings (SSSR count). The van der Waals surface area contributed by atoms with Crippen LogP contribution in [-0.4, -0.2) is 12.5 Å². The zero-order valence-electron chi connectivity index (χ0n) is 9.76. The minimum absolute atomic E-state index is 0.00877. The number of carbonyl (C=O) groups is 1. The zero-order chi connectivity index (χ0) is 12.5. The van der Waals surface area contributed by atoms with E-state index in [0.717, 1.165) is 17.1 Å². The fourth-order valence-electron chi connectivity index (χ4n) is 2.12. The zero-order valence-corrected chi connectivity index (χ0v) is 9.76. The van der Waals surface area contributed by atoms with Crippen LogP contribution in [0.5, 0.6) is 0 Å². The highest BCUT2D eigenvalue weighted by molar-refractivity contribution is 6.03. The number of fused-ring (bicyclic) bond motifs is 1. The third-order valence-electron chi connectivity index (χ3n) is 2.98. The number of rotatable bonds is 1. The second kappa shape index (κ2) is 4.07. The van der Waals surface area contributed by atoms with Crippen molar-refractivity contribution in [3.8, 4) is 0 Å². The van der Waals surface area contributed by atoms with Crippen LogP contribution in [0, 0.1) is 0 Å². The normalized spacial score (nSPS) is 14.0. The molecule has 3 N–H and O–H groups in total. The number of nitrogens with zero attached hydrogens (tertiary/aromatic N) is 1. The first-order chi connectivity index (χ1) is 8.74. The van der Waals surface area contributed by atoms with Crippen molar-refractivity contribution in [3.63, 3.8) is 0 Å². The van der Waals surface area contributed by atoms with E-state index in [9.17, 15) is 4.79 Å². The van der Waals surface area contributed by atoms with Gasteiger partial charge in [0, 0.05) is 11.4 Å². The first-order valence-electron chi connectivity index (χ1n) is 5.76. The number of nitrogens with one attached hydrogen (secondary N) is 1. The van der Waals surface area contributed by atoms with Gasteiger partial charge < -0.3 is 16.0 Å². The van der Waals surface area contributed by atoms with Gasteiger partial charge in [-0.15, -0.1) is 0 Å². The summed E-state index contributed by atoms with van der Waals surface area (Å²) < 4.78 is 0. The lowest BCUT2D eigenvalue weighted by Gasteiger charge is -2.30. The maximum atomic E-state index is 11.7. The fraction of sp³-hybridized carbons (Fsp3) is 0.0714. The van der Waals surface area contributed by atoms with E-state index in [2.05, 4.69) is 5.32 Å². The number of carbonyl (C=O) groups excluding carboxylic acids is 1. The van der Waals surface area contributed by atoms with Gasteiger partial charge in [0.05, 0.1) is 11.4 Å². The summed E-state index contributed by atoms with van der Waals surface area (Å²) >= 11 is 0. The Kier molecular flexibility index (Phi) is 2.41. The summed E-state index contributed by atoms with van der Waals surface area (Å²) in [5, 5.41) is 2.87. The number of nitrogens with two attached hydrogens (primary N) is 1. The Bertz CT molecular complexity index is 592. The first kappa shape index (κ1) is 10.7. The predicted molar refractivity (Wildman–Crippen MR) is 72.9 cm³/mol. The van der Waals surface area contributed by atoms with Gasteiger partial charge in [0.1, 0.15) is 6.54 Å². The van der Waals surface area contributed by atoms with Crippen LogP contribution in [0.3, 0.4) is 0 Å². The van der Waals surface area contributed by atoms with Gasteiger partial charge in [-0.2, -0.15) is 0 Å². The first-order valence-corrected chi connectivity index (χ1v) is 5.76. The van der Waals surface area contributed by atoms with Crippen LogP contribution < -0.4 is 16.0 Å². The van der Waals surface area contributed by atoms with Crippen molar-refractivity contribution in [2.24, 2.45) is 0 Å². The lowest BCUT2D eigenvalue weighted by molar-refractivity contribution is -0.115. The van der Waals surface area contributed by atoms with Crippen LogP contribution in [0.25, 0.3) is 0 Å². The van der Waals surface area contributed by atoms with Gasteiger partial charge in [-0.1, -0.05) is 12.1 Å². The molecule has 1 amide bonds. The van der Waals surface area contributed by atoms with E-state index in [1.165, 1.54) is 0 Å². The van der Waals surface area contributed by atoms with Gasteiger partial charge in [0.25, 0.3) is 0 Å². The van der Waals surface area contributed by atoms with E-state index in [4.69, 9.17) is 5.73 Å². The summed E-state index contributed by atoms with van der Waals surface area (Å²) in [5.41, 5.74) is 9.20. The van der Waals surface area contributed by atoms with Crippen molar-refractivity contribution in [1.82, 2.24) is 0 Å². The van der Waals surface area contributed by atoms with Gasteiger partial charge in [-0.05, 0) is 36.4 Å². The molecule has 0 unspecified atom stereocenters. The van der Waals surface area contributed by atoms with Gasteiger partial charge in [0.15, 0.2) is 0 Å². The predicted octanol–water partition coefficient (Wildman–Crippen LogP) is 2.36. The SMILES string of the molecule is Nc1ccc(N2CC(=O)Nc3ccccc32)cc1. The molecule has 0 aromatic heterocycles. The Morgan fingerprint density at radius 1 is 1.06 bits per heavy atom. The molecule has 1 aliphatic heterocycles. The highest BCUT2D eigenvalue weighted by atomic mass is 16.2. The molecule has 1 aliphatic rings. The Balaban J connectivity index is 2.07. The van der Waals surface area contributed by atoms with E-state index in [1.54, 1.807) is 0 Å². The minimum atomic E-state index is -0.00877. The topological polar surface area (TPSA) is 58.4 Å². The molecule has 90 valence electrons. The maximum absolute atomic E-state index is 11.7. The van der Waals surface area contributed by atoms with Gasteiger partial charge in [-0.25, -0.2) is 0 Å². The number of nitrogen functional groups attached to an aromatic ring is 1. The third-order valence-corrected chi connectivity index (χ3v) is 2.98. The summed E-state index contributed by atoms with van der Waals surface area (Å²) in [6, 6.07) is 15.3. The van der Waals surface area contributed by atoms with Crippen LogP contribution in [0.15, 0.2) is 48.5 Å². The van der Waals surface area contributed by atoms with Gasteiger partial charge in [-0.3, -0.25) is 4.79 Å². The van der Waals surface area contributed by atoms with E-state index in [1.807, 2.05) is 53.4 Å². The van der Waals surface area contributed by atoms with Crippen molar-refractivity contribution >= 4 is 28.7 Å². The fourth-order valence-corrected chi connectivity index (χ4v) is 2.12. The van der Waals surface area contributed by atoms with E-state index in [-0.39, 0.29) is 5.91 Å². The summed E-state index contributed by atoms with van der Waals surface area (Å²) in [5.74, 6) is -0.00877. The van der Waals surface area contributed by atoms with Crippen molar-refractivity contribution < 1.29 is 4.79 Å². The molecule has 0 radical (unpaired) electrons. The molecule has 1 heterocycles. The van der Waals surface area contributed by atoms with Gasteiger partial charge >= 0.3 is 0 Å². The van der Waals surface area contributed by atoms with Crippen LogP contribution in [0.4, 0.5) is 22.7 Å². The highest BCUT2D eigenvalue weighted by Crippen LogP contribution is 2.34. The molecule has 0 saturated carbocycles. The lowest BCUT2D eigenvalue weighted by atomic mass is 10.1.